The molecule has 1 aliphatic heterocycles. The molecule has 0 radical (unpaired) electrons. The summed E-state index contributed by atoms with van der Waals surface area (Å²) in [6.07, 6.45) is 10.3. The van der Waals surface area contributed by atoms with Crippen molar-refractivity contribution < 1.29 is 13.6 Å². The summed E-state index contributed by atoms with van der Waals surface area (Å²) in [6.45, 7) is 3.87. The summed E-state index contributed by atoms with van der Waals surface area (Å²) in [4.78, 5) is 13.5. The van der Waals surface area contributed by atoms with Crippen LogP contribution >= 0.6 is 0 Å². The predicted molar refractivity (Wildman–Crippen MR) is 126 cm³/mol. The molecule has 172 valence electrons. The van der Waals surface area contributed by atoms with Crippen LogP contribution in [0.25, 0.3) is 5.57 Å². The van der Waals surface area contributed by atoms with Crippen molar-refractivity contribution in [1.29, 1.82) is 0 Å². The lowest BCUT2D eigenvalue weighted by molar-refractivity contribution is -0.129. The van der Waals surface area contributed by atoms with Gasteiger partial charge in [-0.25, -0.2) is 8.78 Å². The molecule has 2 atom stereocenters. The fraction of sp³-hybridized carbons (Fsp3) is 0.444. The number of hydrogen-bond donors (Lipinski definition) is 1. The van der Waals surface area contributed by atoms with Crippen molar-refractivity contribution in [3.63, 3.8) is 0 Å². The van der Waals surface area contributed by atoms with Gasteiger partial charge in [0, 0.05) is 25.1 Å². The topological polar surface area (TPSA) is 46.3 Å². The molecule has 1 fully saturated rings. The van der Waals surface area contributed by atoms with Crippen LogP contribution < -0.4 is 5.73 Å². The Hall–Kier alpha value is -2.53. The van der Waals surface area contributed by atoms with Crippen LogP contribution in [-0.2, 0) is 4.79 Å². The first-order valence-corrected chi connectivity index (χ1v) is 11.6. The van der Waals surface area contributed by atoms with Gasteiger partial charge in [-0.1, -0.05) is 68.5 Å². The van der Waals surface area contributed by atoms with Crippen molar-refractivity contribution in [3.8, 4) is 0 Å². The third-order valence-corrected chi connectivity index (χ3v) is 6.29. The Morgan fingerprint density at radius 3 is 2.41 bits per heavy atom. The maximum Gasteiger partial charge on any atom is 0.220 e. The zero-order valence-corrected chi connectivity index (χ0v) is 19.1. The molecular formula is C27H34F2N2O. The van der Waals surface area contributed by atoms with E-state index in [0.717, 1.165) is 23.6 Å². The minimum atomic E-state index is -0.491. The van der Waals surface area contributed by atoms with Crippen LogP contribution in [0, 0.1) is 17.6 Å². The third kappa shape index (κ3) is 6.49. The first-order valence-electron chi connectivity index (χ1n) is 11.6. The van der Waals surface area contributed by atoms with Crippen molar-refractivity contribution in [1.82, 2.24) is 4.90 Å². The molecule has 2 aliphatic rings. The van der Waals surface area contributed by atoms with Gasteiger partial charge in [0.15, 0.2) is 0 Å². The van der Waals surface area contributed by atoms with Crippen LogP contribution in [0.15, 0.2) is 54.6 Å². The van der Waals surface area contributed by atoms with Crippen molar-refractivity contribution in [3.05, 3.63) is 77.4 Å². The monoisotopic (exact) mass is 440 g/mol. The number of rotatable bonds is 4. The molecule has 0 saturated heterocycles. The minimum absolute atomic E-state index is 0.100. The van der Waals surface area contributed by atoms with Crippen molar-refractivity contribution in [2.75, 3.05) is 6.54 Å². The quantitative estimate of drug-likeness (QED) is 0.610. The lowest BCUT2D eigenvalue weighted by Crippen LogP contribution is -2.29. The number of hydrogen-bond acceptors (Lipinski definition) is 2. The molecule has 2 unspecified atom stereocenters. The zero-order chi connectivity index (χ0) is 23.1. The molecule has 1 saturated carbocycles. The van der Waals surface area contributed by atoms with E-state index in [1.165, 1.54) is 51.5 Å². The van der Waals surface area contributed by atoms with Gasteiger partial charge >= 0.3 is 0 Å². The Bertz CT molecular complexity index is 921. The van der Waals surface area contributed by atoms with Crippen LogP contribution in [0.5, 0.6) is 0 Å². The van der Waals surface area contributed by atoms with E-state index in [1.54, 1.807) is 4.90 Å². The number of nitrogens with zero attached hydrogens (tertiary/aromatic N) is 1. The number of benzene rings is 2. The molecule has 2 aromatic carbocycles. The van der Waals surface area contributed by atoms with Crippen molar-refractivity contribution in [2.45, 2.75) is 64.5 Å². The lowest BCUT2D eigenvalue weighted by atomic mass is 9.85. The first-order chi connectivity index (χ1) is 15.3. The third-order valence-electron chi connectivity index (χ3n) is 6.29. The summed E-state index contributed by atoms with van der Waals surface area (Å²) in [6, 6.07) is 13.1. The molecule has 5 heteroatoms. The van der Waals surface area contributed by atoms with Gasteiger partial charge in [-0.3, -0.25) is 4.79 Å². The van der Waals surface area contributed by atoms with Crippen molar-refractivity contribution >= 4 is 11.5 Å². The van der Waals surface area contributed by atoms with E-state index in [9.17, 15) is 13.6 Å². The average molecular weight is 441 g/mol. The Kier molecular flexibility index (Phi) is 8.57. The fourth-order valence-electron chi connectivity index (χ4n) is 4.72. The Balaban J connectivity index is 0.000000243. The second kappa shape index (κ2) is 11.4. The molecule has 32 heavy (non-hydrogen) atoms. The number of nitrogens with two attached hydrogens (primary N) is 1. The van der Waals surface area contributed by atoms with Gasteiger partial charge in [-0.05, 0) is 48.6 Å². The maximum absolute atomic E-state index is 14.0. The van der Waals surface area contributed by atoms with E-state index in [2.05, 4.69) is 6.92 Å². The van der Waals surface area contributed by atoms with Crippen molar-refractivity contribution in [2.24, 2.45) is 11.7 Å². The smallest absolute Gasteiger partial charge is 0.220 e. The molecular weight excluding hydrogens is 406 g/mol. The van der Waals surface area contributed by atoms with Gasteiger partial charge in [-0.2, -0.15) is 0 Å². The van der Waals surface area contributed by atoms with Gasteiger partial charge < -0.3 is 10.6 Å². The Morgan fingerprint density at radius 1 is 1.09 bits per heavy atom. The molecule has 1 aliphatic carbocycles. The second-order valence-corrected chi connectivity index (χ2v) is 9.04. The largest absolute Gasteiger partial charge is 0.328 e. The summed E-state index contributed by atoms with van der Waals surface area (Å²) in [7, 11) is 0. The highest BCUT2D eigenvalue weighted by Gasteiger charge is 2.29. The molecule has 0 bridgehead atoms. The number of carbonyl (C=O) groups excluding carboxylic acids is 1. The highest BCUT2D eigenvalue weighted by molar-refractivity contribution is 5.81. The van der Waals surface area contributed by atoms with Crippen LogP contribution in [0.1, 0.15) is 69.5 Å². The van der Waals surface area contributed by atoms with Gasteiger partial charge in [0.05, 0.1) is 6.04 Å². The molecule has 1 heterocycles. The summed E-state index contributed by atoms with van der Waals surface area (Å²) in [5, 5.41) is 0. The maximum atomic E-state index is 14.0. The Labute approximate surface area is 190 Å². The van der Waals surface area contributed by atoms with Gasteiger partial charge in [-0.15, -0.1) is 0 Å². The highest BCUT2D eigenvalue weighted by atomic mass is 19.1. The molecule has 0 spiro atoms. The van der Waals surface area contributed by atoms with Gasteiger partial charge in [0.2, 0.25) is 5.91 Å². The van der Waals surface area contributed by atoms with E-state index in [0.29, 0.717) is 11.6 Å². The molecule has 4 rings (SSSR count). The molecule has 1 amide bonds. The summed E-state index contributed by atoms with van der Waals surface area (Å²) in [5.74, 6) is -0.120. The van der Waals surface area contributed by atoms with Gasteiger partial charge in [0.25, 0.3) is 0 Å². The van der Waals surface area contributed by atoms with Crippen LogP contribution in [0.3, 0.4) is 0 Å². The fourth-order valence-corrected chi connectivity index (χ4v) is 4.72. The van der Waals surface area contributed by atoms with Crippen LogP contribution in [0.2, 0.25) is 0 Å². The summed E-state index contributed by atoms with van der Waals surface area (Å²) < 4.78 is 27.4. The van der Waals surface area contributed by atoms with E-state index < -0.39 is 11.6 Å². The minimum Gasteiger partial charge on any atom is -0.328 e. The summed E-state index contributed by atoms with van der Waals surface area (Å²) >= 11 is 0. The molecule has 0 aromatic heterocycles. The lowest BCUT2D eigenvalue weighted by Gasteiger charge is -2.23. The second-order valence-electron chi connectivity index (χ2n) is 9.04. The van der Waals surface area contributed by atoms with E-state index >= 15 is 0 Å². The highest BCUT2D eigenvalue weighted by Crippen LogP contribution is 2.35. The number of amides is 1. The zero-order valence-electron chi connectivity index (χ0n) is 19.1. The standard InChI is InChI=1S/C18H15F2NO.C9H19N/c1-12(22)21-11-14(16-10-15(19)7-8-17(16)20)9-18(21)13-5-3-2-4-6-13;1-8(10)7-9-5-3-2-4-6-9/h2-10,18H,11H2,1H3;8-9H,2-7,10H2,1H3. The normalized spacial score (nSPS) is 19.7. The first kappa shape index (κ1) is 24.1. The number of carbonyl (C=O) groups is 1. The molecule has 3 nitrogen and oxygen atoms in total. The van der Waals surface area contributed by atoms with Gasteiger partial charge in [0.1, 0.15) is 11.6 Å². The van der Waals surface area contributed by atoms with E-state index in [1.807, 2.05) is 36.4 Å². The SMILES string of the molecule is CC(=O)N1CC(c2cc(F)ccc2F)=CC1c1ccccc1.CC(N)CC1CCCCC1. The molecule has 2 N–H and O–H groups in total. The number of halogens is 2. The van der Waals surface area contributed by atoms with E-state index in [-0.39, 0.29) is 24.1 Å². The summed E-state index contributed by atoms with van der Waals surface area (Å²) in [5.41, 5.74) is 7.51. The van der Waals surface area contributed by atoms with E-state index in [4.69, 9.17) is 5.73 Å². The molecule has 2 aromatic rings. The predicted octanol–water partition coefficient (Wildman–Crippen LogP) is 6.26. The average Bonchev–Trinajstić information content (AvgIpc) is 3.22. The Morgan fingerprint density at radius 2 is 1.78 bits per heavy atom. The van der Waals surface area contributed by atoms with Crippen LogP contribution in [0.4, 0.5) is 8.78 Å². The van der Waals surface area contributed by atoms with Crippen LogP contribution in [-0.4, -0.2) is 23.4 Å².